The Hall–Kier alpha value is -0.770. The first-order chi connectivity index (χ1) is 6.66. The van der Waals surface area contributed by atoms with E-state index >= 15 is 0 Å². The second kappa shape index (κ2) is 4.64. The van der Waals surface area contributed by atoms with E-state index in [1.165, 1.54) is 19.3 Å². The number of likely N-dealkylation sites (N-methyl/N-ethyl adjacent to an activating group) is 1. The summed E-state index contributed by atoms with van der Waals surface area (Å²) in [7, 11) is 3.50. The number of nitrogens with two attached hydrogens (primary N) is 1. The van der Waals surface area contributed by atoms with Crippen molar-refractivity contribution in [2.24, 2.45) is 5.73 Å². The highest BCUT2D eigenvalue weighted by Gasteiger charge is 2.36. The van der Waals surface area contributed by atoms with Gasteiger partial charge in [0, 0.05) is 20.6 Å². The minimum absolute atomic E-state index is 0.0302. The van der Waals surface area contributed by atoms with Crippen molar-refractivity contribution in [1.29, 1.82) is 0 Å². The van der Waals surface area contributed by atoms with Gasteiger partial charge in [-0.3, -0.25) is 0 Å². The number of amides is 2. The minimum atomic E-state index is -0.0989. The molecule has 4 nitrogen and oxygen atoms in total. The highest BCUT2D eigenvalue weighted by atomic mass is 16.2. The molecular weight excluding hydrogens is 178 g/mol. The zero-order valence-electron chi connectivity index (χ0n) is 9.18. The second-order valence-corrected chi connectivity index (χ2v) is 4.10. The van der Waals surface area contributed by atoms with Crippen molar-refractivity contribution >= 4 is 6.03 Å². The van der Waals surface area contributed by atoms with Crippen LogP contribution < -0.4 is 11.1 Å². The Morgan fingerprint density at radius 1 is 1.43 bits per heavy atom. The fourth-order valence-corrected chi connectivity index (χ4v) is 2.27. The molecule has 0 aliphatic heterocycles. The number of carbonyl (C=O) groups is 1. The van der Waals surface area contributed by atoms with Gasteiger partial charge in [-0.15, -0.1) is 0 Å². The number of hydrogen-bond acceptors (Lipinski definition) is 2. The smallest absolute Gasteiger partial charge is 0.317 e. The van der Waals surface area contributed by atoms with Crippen LogP contribution in [0.1, 0.15) is 32.1 Å². The lowest BCUT2D eigenvalue weighted by molar-refractivity contribution is 0.105. The van der Waals surface area contributed by atoms with Crippen LogP contribution in [0.3, 0.4) is 0 Å². The Bertz CT molecular complexity index is 200. The van der Waals surface area contributed by atoms with Gasteiger partial charge in [-0.25, -0.2) is 4.79 Å². The highest BCUT2D eigenvalue weighted by Crippen LogP contribution is 2.31. The number of urea groups is 1. The Balaban J connectivity index is 2.71. The Labute approximate surface area is 85.8 Å². The van der Waals surface area contributed by atoms with E-state index in [9.17, 15) is 4.79 Å². The first-order valence-corrected chi connectivity index (χ1v) is 5.32. The Morgan fingerprint density at radius 3 is 2.43 bits per heavy atom. The maximum atomic E-state index is 11.5. The molecule has 0 spiro atoms. The average molecular weight is 199 g/mol. The molecule has 0 saturated heterocycles. The summed E-state index contributed by atoms with van der Waals surface area (Å²) >= 11 is 0. The molecule has 1 aliphatic rings. The molecule has 0 bridgehead atoms. The molecule has 0 unspecified atom stereocenters. The molecule has 0 atom stereocenters. The molecule has 0 aromatic rings. The van der Waals surface area contributed by atoms with Crippen molar-refractivity contribution in [2.75, 3.05) is 20.6 Å². The van der Waals surface area contributed by atoms with Crippen molar-refractivity contribution in [1.82, 2.24) is 10.2 Å². The molecular formula is C10H21N3O. The summed E-state index contributed by atoms with van der Waals surface area (Å²) in [5.41, 5.74) is 5.71. The number of hydrogen-bond donors (Lipinski definition) is 2. The summed E-state index contributed by atoms with van der Waals surface area (Å²) in [6.07, 6.45) is 5.70. The fraction of sp³-hybridized carbons (Fsp3) is 0.900. The predicted octanol–water partition coefficient (Wildman–Crippen LogP) is 0.919. The summed E-state index contributed by atoms with van der Waals surface area (Å²) in [6, 6.07) is -0.0302. The topological polar surface area (TPSA) is 58.4 Å². The highest BCUT2D eigenvalue weighted by molar-refractivity contribution is 5.74. The van der Waals surface area contributed by atoms with Crippen molar-refractivity contribution in [3.8, 4) is 0 Å². The quantitative estimate of drug-likeness (QED) is 0.694. The zero-order chi connectivity index (χ0) is 10.6. The van der Waals surface area contributed by atoms with Crippen LogP contribution in [0.25, 0.3) is 0 Å². The monoisotopic (exact) mass is 199 g/mol. The van der Waals surface area contributed by atoms with E-state index < -0.39 is 0 Å². The maximum absolute atomic E-state index is 11.5. The molecule has 0 radical (unpaired) electrons. The van der Waals surface area contributed by atoms with Crippen molar-refractivity contribution in [3.63, 3.8) is 0 Å². The van der Waals surface area contributed by atoms with Crippen LogP contribution in [-0.4, -0.2) is 37.1 Å². The van der Waals surface area contributed by atoms with E-state index in [2.05, 4.69) is 5.32 Å². The first-order valence-electron chi connectivity index (χ1n) is 5.32. The minimum Gasteiger partial charge on any atom is -0.341 e. The van der Waals surface area contributed by atoms with Crippen LogP contribution in [-0.2, 0) is 0 Å². The van der Waals surface area contributed by atoms with Crippen molar-refractivity contribution in [3.05, 3.63) is 0 Å². The molecule has 1 aliphatic carbocycles. The van der Waals surface area contributed by atoms with Crippen molar-refractivity contribution in [2.45, 2.75) is 37.6 Å². The molecule has 14 heavy (non-hydrogen) atoms. The van der Waals surface area contributed by atoms with Crippen LogP contribution in [0.4, 0.5) is 4.79 Å². The third-order valence-corrected chi connectivity index (χ3v) is 3.39. The van der Waals surface area contributed by atoms with Crippen LogP contribution in [0.5, 0.6) is 0 Å². The number of rotatable bonds is 2. The average Bonchev–Trinajstić information content (AvgIpc) is 2.28. The maximum Gasteiger partial charge on any atom is 0.317 e. The lowest BCUT2D eigenvalue weighted by Crippen LogP contribution is -2.57. The van der Waals surface area contributed by atoms with E-state index in [1.807, 2.05) is 7.05 Å². The summed E-state index contributed by atoms with van der Waals surface area (Å²) in [5, 5.41) is 2.65. The lowest BCUT2D eigenvalue weighted by atomic mass is 9.80. The van der Waals surface area contributed by atoms with E-state index in [0.717, 1.165) is 12.8 Å². The molecule has 0 aromatic carbocycles. The largest absolute Gasteiger partial charge is 0.341 e. The third-order valence-electron chi connectivity index (χ3n) is 3.39. The van der Waals surface area contributed by atoms with Crippen LogP contribution in [0, 0.1) is 0 Å². The fourth-order valence-electron chi connectivity index (χ4n) is 2.27. The van der Waals surface area contributed by atoms with Gasteiger partial charge in [-0.05, 0) is 12.8 Å². The lowest BCUT2D eigenvalue weighted by Gasteiger charge is -2.43. The van der Waals surface area contributed by atoms with Gasteiger partial charge in [0.15, 0.2) is 0 Å². The van der Waals surface area contributed by atoms with E-state index in [4.69, 9.17) is 5.73 Å². The molecule has 0 heterocycles. The normalized spacial score (nSPS) is 20.2. The predicted molar refractivity (Wildman–Crippen MR) is 57.1 cm³/mol. The summed E-state index contributed by atoms with van der Waals surface area (Å²) in [5.74, 6) is 0. The molecule has 2 amide bonds. The van der Waals surface area contributed by atoms with Gasteiger partial charge >= 0.3 is 6.03 Å². The van der Waals surface area contributed by atoms with Gasteiger partial charge in [0.1, 0.15) is 0 Å². The van der Waals surface area contributed by atoms with E-state index in [0.29, 0.717) is 6.54 Å². The zero-order valence-corrected chi connectivity index (χ0v) is 9.18. The van der Waals surface area contributed by atoms with Gasteiger partial charge in [0.2, 0.25) is 0 Å². The Kier molecular flexibility index (Phi) is 3.75. The molecule has 3 N–H and O–H groups in total. The van der Waals surface area contributed by atoms with Gasteiger partial charge in [0.25, 0.3) is 0 Å². The van der Waals surface area contributed by atoms with Gasteiger partial charge in [-0.2, -0.15) is 0 Å². The van der Waals surface area contributed by atoms with Gasteiger partial charge in [0.05, 0.1) is 5.54 Å². The summed E-state index contributed by atoms with van der Waals surface area (Å²) in [4.78, 5) is 13.3. The van der Waals surface area contributed by atoms with Crippen LogP contribution in [0.15, 0.2) is 0 Å². The van der Waals surface area contributed by atoms with Gasteiger partial charge in [-0.1, -0.05) is 19.3 Å². The molecule has 0 aromatic heterocycles. The van der Waals surface area contributed by atoms with Crippen LogP contribution >= 0.6 is 0 Å². The SMILES string of the molecule is CNC(=O)N(C)C1(CN)CCCCC1. The molecule has 1 fully saturated rings. The summed E-state index contributed by atoms with van der Waals surface area (Å²) in [6.45, 7) is 0.566. The molecule has 82 valence electrons. The molecule has 4 heteroatoms. The van der Waals surface area contributed by atoms with Gasteiger partial charge < -0.3 is 16.0 Å². The third kappa shape index (κ3) is 2.00. The van der Waals surface area contributed by atoms with E-state index in [-0.39, 0.29) is 11.6 Å². The Morgan fingerprint density at radius 2 is 2.00 bits per heavy atom. The first kappa shape index (κ1) is 11.3. The van der Waals surface area contributed by atoms with E-state index in [1.54, 1.807) is 11.9 Å². The summed E-state index contributed by atoms with van der Waals surface area (Å²) < 4.78 is 0. The van der Waals surface area contributed by atoms with Crippen molar-refractivity contribution < 1.29 is 4.79 Å². The second-order valence-electron chi connectivity index (χ2n) is 4.10. The molecule has 1 rings (SSSR count). The number of nitrogens with one attached hydrogen (secondary N) is 1. The number of nitrogens with zero attached hydrogens (tertiary/aromatic N) is 1. The number of carbonyl (C=O) groups excluding carboxylic acids is 1. The standard InChI is InChI=1S/C10H21N3O/c1-12-9(14)13(2)10(8-11)6-4-3-5-7-10/h3-8,11H2,1-2H3,(H,12,14). The van der Waals surface area contributed by atoms with Crippen LogP contribution in [0.2, 0.25) is 0 Å². The molecule has 1 saturated carbocycles.